The van der Waals surface area contributed by atoms with Crippen LogP contribution in [0.4, 0.5) is 26.3 Å². The van der Waals surface area contributed by atoms with Gasteiger partial charge in [-0.15, -0.1) is 0 Å². The minimum atomic E-state index is -5.68. The molecule has 8 heteroatoms. The van der Waals surface area contributed by atoms with Crippen molar-refractivity contribution in [3.63, 3.8) is 0 Å². The first-order valence-electron chi connectivity index (χ1n) is 6.53. The Hall–Kier alpha value is -1.75. The van der Waals surface area contributed by atoms with Gasteiger partial charge in [0.25, 0.3) is 5.60 Å². The smallest absolute Gasteiger partial charge is 0.353 e. The third-order valence-corrected chi connectivity index (χ3v) is 3.44. The van der Waals surface area contributed by atoms with Crippen LogP contribution in [0, 0.1) is 16.7 Å². The third-order valence-electron chi connectivity index (χ3n) is 3.44. The SMILES string of the molecule is CC(C)(C)C(OCc1ccccc1C#N)(C(F)(F)F)C(F)(F)F. The highest BCUT2D eigenvalue weighted by molar-refractivity contribution is 5.36. The molecule has 1 aromatic carbocycles. The average Bonchev–Trinajstić information content (AvgIpc) is 2.34. The number of halogens is 6. The Morgan fingerprint density at radius 1 is 0.957 bits per heavy atom. The summed E-state index contributed by atoms with van der Waals surface area (Å²) in [4.78, 5) is 0. The van der Waals surface area contributed by atoms with E-state index in [9.17, 15) is 26.3 Å². The van der Waals surface area contributed by atoms with Gasteiger partial charge in [-0.3, -0.25) is 0 Å². The lowest BCUT2D eigenvalue weighted by molar-refractivity contribution is -0.413. The zero-order chi connectivity index (χ0) is 18.1. The van der Waals surface area contributed by atoms with Crippen LogP contribution in [0.25, 0.3) is 0 Å². The molecular weight excluding hydrogens is 324 g/mol. The minimum absolute atomic E-state index is 0.0420. The van der Waals surface area contributed by atoms with Crippen LogP contribution < -0.4 is 0 Å². The van der Waals surface area contributed by atoms with E-state index in [0.29, 0.717) is 0 Å². The number of nitriles is 1. The summed E-state index contributed by atoms with van der Waals surface area (Å²) in [5.74, 6) is 0. The Balaban J connectivity index is 3.36. The molecule has 0 saturated heterocycles. The first-order chi connectivity index (χ1) is 10.3. The van der Waals surface area contributed by atoms with E-state index in [-0.39, 0.29) is 11.1 Å². The monoisotopic (exact) mass is 339 g/mol. The van der Waals surface area contributed by atoms with Crippen molar-refractivity contribution in [2.45, 2.75) is 45.3 Å². The van der Waals surface area contributed by atoms with E-state index in [2.05, 4.69) is 4.74 Å². The molecule has 0 amide bonds. The van der Waals surface area contributed by atoms with Gasteiger partial charge in [0.05, 0.1) is 18.2 Å². The lowest BCUT2D eigenvalue weighted by atomic mass is 9.75. The molecule has 0 saturated carbocycles. The fourth-order valence-corrected chi connectivity index (χ4v) is 2.33. The molecule has 0 N–H and O–H groups in total. The summed E-state index contributed by atoms with van der Waals surface area (Å²) < 4.78 is 84.5. The molecule has 0 aliphatic heterocycles. The zero-order valence-corrected chi connectivity index (χ0v) is 12.6. The third kappa shape index (κ3) is 3.44. The Labute approximate surface area is 129 Å². The number of hydrogen-bond donors (Lipinski definition) is 0. The van der Waals surface area contributed by atoms with Gasteiger partial charge in [0.1, 0.15) is 0 Å². The highest BCUT2D eigenvalue weighted by Crippen LogP contribution is 2.55. The van der Waals surface area contributed by atoms with Crippen molar-refractivity contribution >= 4 is 0 Å². The van der Waals surface area contributed by atoms with Crippen molar-refractivity contribution in [1.29, 1.82) is 5.26 Å². The van der Waals surface area contributed by atoms with Gasteiger partial charge in [0.2, 0.25) is 0 Å². The first-order valence-corrected chi connectivity index (χ1v) is 6.53. The zero-order valence-electron chi connectivity index (χ0n) is 12.6. The predicted octanol–water partition coefficient (Wildman–Crippen LogP) is 4.98. The maximum absolute atomic E-state index is 13.3. The summed E-state index contributed by atoms with van der Waals surface area (Å²) >= 11 is 0. The van der Waals surface area contributed by atoms with E-state index in [4.69, 9.17) is 5.26 Å². The van der Waals surface area contributed by atoms with Crippen molar-refractivity contribution < 1.29 is 31.1 Å². The molecule has 0 atom stereocenters. The molecule has 0 radical (unpaired) electrons. The molecule has 1 rings (SSSR count). The van der Waals surface area contributed by atoms with Crippen LogP contribution >= 0.6 is 0 Å². The fourth-order valence-electron chi connectivity index (χ4n) is 2.33. The molecule has 0 fully saturated rings. The molecule has 0 unspecified atom stereocenters. The van der Waals surface area contributed by atoms with Crippen LogP contribution in [0.5, 0.6) is 0 Å². The van der Waals surface area contributed by atoms with E-state index in [1.54, 1.807) is 6.07 Å². The van der Waals surface area contributed by atoms with Crippen molar-refractivity contribution in [2.75, 3.05) is 0 Å². The Kier molecular flexibility index (Phi) is 5.07. The molecule has 23 heavy (non-hydrogen) atoms. The molecule has 0 heterocycles. The van der Waals surface area contributed by atoms with Gasteiger partial charge in [-0.1, -0.05) is 39.0 Å². The second-order valence-corrected chi connectivity index (χ2v) is 5.98. The van der Waals surface area contributed by atoms with Crippen molar-refractivity contribution in [3.05, 3.63) is 35.4 Å². The molecule has 0 bridgehead atoms. The van der Waals surface area contributed by atoms with Crippen molar-refractivity contribution in [2.24, 2.45) is 5.41 Å². The maximum atomic E-state index is 13.3. The van der Waals surface area contributed by atoms with Gasteiger partial charge in [0, 0.05) is 5.41 Å². The lowest BCUT2D eigenvalue weighted by Gasteiger charge is -2.45. The summed E-state index contributed by atoms with van der Waals surface area (Å²) in [7, 11) is 0. The quantitative estimate of drug-likeness (QED) is 0.727. The summed E-state index contributed by atoms with van der Waals surface area (Å²) in [6.07, 6.45) is -11.4. The molecule has 0 spiro atoms. The maximum Gasteiger partial charge on any atom is 0.427 e. The number of rotatable bonds is 3. The number of benzene rings is 1. The van der Waals surface area contributed by atoms with Crippen molar-refractivity contribution in [3.8, 4) is 6.07 Å². The summed E-state index contributed by atoms with van der Waals surface area (Å²) in [5, 5.41) is 8.88. The summed E-state index contributed by atoms with van der Waals surface area (Å²) in [6, 6.07) is 7.10. The molecule has 2 nitrogen and oxygen atoms in total. The molecule has 0 aliphatic carbocycles. The van der Waals surface area contributed by atoms with E-state index >= 15 is 0 Å². The number of nitrogens with zero attached hydrogens (tertiary/aromatic N) is 1. The van der Waals surface area contributed by atoms with Crippen LogP contribution in [-0.2, 0) is 11.3 Å². The van der Waals surface area contributed by atoms with Gasteiger partial charge >= 0.3 is 12.4 Å². The van der Waals surface area contributed by atoms with Gasteiger partial charge in [-0.05, 0) is 11.6 Å². The highest BCUT2D eigenvalue weighted by atomic mass is 19.4. The normalized spacial score (nSPS) is 13.7. The van der Waals surface area contributed by atoms with E-state index < -0.39 is 30.0 Å². The van der Waals surface area contributed by atoms with Crippen LogP contribution in [0.1, 0.15) is 31.9 Å². The number of alkyl halides is 6. The Morgan fingerprint density at radius 3 is 1.83 bits per heavy atom. The van der Waals surface area contributed by atoms with Gasteiger partial charge in [0.15, 0.2) is 0 Å². The molecular formula is C15H15F6NO. The van der Waals surface area contributed by atoms with Crippen LogP contribution in [0.3, 0.4) is 0 Å². The lowest BCUT2D eigenvalue weighted by Crippen LogP contribution is -2.66. The predicted molar refractivity (Wildman–Crippen MR) is 70.2 cm³/mol. The highest BCUT2D eigenvalue weighted by Gasteiger charge is 2.77. The van der Waals surface area contributed by atoms with Crippen molar-refractivity contribution in [1.82, 2.24) is 0 Å². The van der Waals surface area contributed by atoms with Gasteiger partial charge in [-0.25, -0.2) is 0 Å². The minimum Gasteiger partial charge on any atom is -0.353 e. The second-order valence-electron chi connectivity index (χ2n) is 5.98. The number of ether oxygens (including phenoxy) is 1. The largest absolute Gasteiger partial charge is 0.427 e. The van der Waals surface area contributed by atoms with Crippen LogP contribution in [-0.4, -0.2) is 18.0 Å². The summed E-state index contributed by atoms with van der Waals surface area (Å²) in [5.41, 5.74) is -6.74. The standard InChI is InChI=1S/C15H15F6NO/c1-12(2,3)13(14(16,17)18,15(19,20)21)23-9-11-7-5-4-6-10(11)8-22/h4-7H,9H2,1-3H3. The van der Waals surface area contributed by atoms with Crippen LogP contribution in [0.2, 0.25) is 0 Å². The second kappa shape index (κ2) is 6.04. The van der Waals surface area contributed by atoms with E-state index in [1.807, 2.05) is 0 Å². The van der Waals surface area contributed by atoms with Crippen LogP contribution in [0.15, 0.2) is 24.3 Å². The van der Waals surface area contributed by atoms with Gasteiger partial charge in [-0.2, -0.15) is 31.6 Å². The molecule has 0 aromatic heterocycles. The fraction of sp³-hybridized carbons (Fsp3) is 0.533. The topological polar surface area (TPSA) is 33.0 Å². The molecule has 128 valence electrons. The molecule has 0 aliphatic rings. The average molecular weight is 339 g/mol. The summed E-state index contributed by atoms with van der Waals surface area (Å²) in [6.45, 7) is 1.44. The number of hydrogen-bond acceptors (Lipinski definition) is 2. The van der Waals surface area contributed by atoms with Gasteiger partial charge < -0.3 is 4.74 Å². The Morgan fingerprint density at radius 2 is 1.43 bits per heavy atom. The Bertz CT molecular complexity index is 556. The first kappa shape index (κ1) is 19.3. The van der Waals surface area contributed by atoms with E-state index in [1.165, 1.54) is 24.3 Å². The molecule has 1 aromatic rings. The van der Waals surface area contributed by atoms with E-state index in [0.717, 1.165) is 20.8 Å².